The SMILES string of the molecule is CN(C)CC1CCC/C(=C/c2ccc(Cl)cc2)C1(O)CC1CCCCC1. The number of nitrogens with zero attached hydrogens (tertiary/aromatic N) is 1. The van der Waals surface area contributed by atoms with Crippen LogP contribution in [0.1, 0.15) is 63.4 Å². The number of halogens is 1. The zero-order valence-corrected chi connectivity index (χ0v) is 17.1. The standard InChI is InChI=1S/C23H34ClNO/c1-25(2)17-21-10-6-9-20(15-18-11-13-22(24)14-12-18)23(21,26)16-19-7-4-3-5-8-19/h11-15,19,21,26H,3-10,16-17H2,1-2H3/b20-15-. The lowest BCUT2D eigenvalue weighted by molar-refractivity contribution is -0.0349. The van der Waals surface area contributed by atoms with E-state index in [4.69, 9.17) is 11.6 Å². The number of aliphatic hydroxyl groups is 1. The van der Waals surface area contributed by atoms with Crippen molar-refractivity contribution in [3.63, 3.8) is 0 Å². The van der Waals surface area contributed by atoms with E-state index in [0.29, 0.717) is 11.8 Å². The van der Waals surface area contributed by atoms with Gasteiger partial charge in [0.15, 0.2) is 0 Å². The van der Waals surface area contributed by atoms with Crippen LogP contribution in [-0.2, 0) is 0 Å². The molecule has 1 aromatic rings. The third-order valence-electron chi connectivity index (χ3n) is 6.35. The molecule has 2 aliphatic rings. The quantitative estimate of drug-likeness (QED) is 0.704. The fourth-order valence-electron chi connectivity index (χ4n) is 5.03. The van der Waals surface area contributed by atoms with E-state index in [9.17, 15) is 5.11 Å². The second kappa shape index (κ2) is 8.91. The smallest absolute Gasteiger partial charge is 0.0902 e. The molecule has 2 saturated carbocycles. The summed E-state index contributed by atoms with van der Waals surface area (Å²) in [7, 11) is 4.25. The van der Waals surface area contributed by atoms with Crippen LogP contribution in [0.4, 0.5) is 0 Å². The summed E-state index contributed by atoms with van der Waals surface area (Å²) < 4.78 is 0. The first-order valence-corrected chi connectivity index (χ1v) is 10.7. The Morgan fingerprint density at radius 2 is 1.77 bits per heavy atom. The van der Waals surface area contributed by atoms with Gasteiger partial charge in [0.2, 0.25) is 0 Å². The normalized spacial score (nSPS) is 29.4. The van der Waals surface area contributed by atoms with Gasteiger partial charge in [-0.25, -0.2) is 0 Å². The van der Waals surface area contributed by atoms with Gasteiger partial charge in [0.05, 0.1) is 5.60 Å². The van der Waals surface area contributed by atoms with Gasteiger partial charge in [-0.1, -0.05) is 61.9 Å². The Morgan fingerprint density at radius 3 is 2.42 bits per heavy atom. The topological polar surface area (TPSA) is 23.5 Å². The summed E-state index contributed by atoms with van der Waals surface area (Å²) in [5.74, 6) is 0.997. The van der Waals surface area contributed by atoms with Crippen LogP contribution in [0.2, 0.25) is 5.02 Å². The Bertz CT molecular complexity index is 603. The van der Waals surface area contributed by atoms with Crippen LogP contribution in [0.25, 0.3) is 6.08 Å². The Hall–Kier alpha value is -0.830. The van der Waals surface area contributed by atoms with Crippen molar-refractivity contribution in [3.05, 3.63) is 40.4 Å². The van der Waals surface area contributed by atoms with Crippen molar-refractivity contribution in [1.82, 2.24) is 4.90 Å². The van der Waals surface area contributed by atoms with Crippen LogP contribution in [0.5, 0.6) is 0 Å². The van der Waals surface area contributed by atoms with E-state index in [1.54, 1.807) is 0 Å². The van der Waals surface area contributed by atoms with Crippen molar-refractivity contribution in [3.8, 4) is 0 Å². The minimum Gasteiger partial charge on any atom is -0.385 e. The number of rotatable bonds is 5. The second-order valence-corrected chi connectivity index (χ2v) is 9.14. The summed E-state index contributed by atoms with van der Waals surface area (Å²) in [5.41, 5.74) is 1.73. The van der Waals surface area contributed by atoms with Crippen molar-refractivity contribution < 1.29 is 5.11 Å². The number of hydrogen-bond acceptors (Lipinski definition) is 2. The Balaban J connectivity index is 1.89. The van der Waals surface area contributed by atoms with Gasteiger partial charge in [-0.15, -0.1) is 0 Å². The van der Waals surface area contributed by atoms with Crippen molar-refractivity contribution in [2.24, 2.45) is 11.8 Å². The molecule has 0 heterocycles. The van der Waals surface area contributed by atoms with Crippen molar-refractivity contribution in [2.45, 2.75) is 63.4 Å². The van der Waals surface area contributed by atoms with Crippen LogP contribution >= 0.6 is 11.6 Å². The third kappa shape index (κ3) is 4.91. The molecular weight excluding hydrogens is 342 g/mol. The monoisotopic (exact) mass is 375 g/mol. The van der Waals surface area contributed by atoms with E-state index < -0.39 is 5.60 Å². The van der Waals surface area contributed by atoms with Crippen LogP contribution in [0.3, 0.4) is 0 Å². The molecule has 2 fully saturated rings. The van der Waals surface area contributed by atoms with Crippen LogP contribution < -0.4 is 0 Å². The van der Waals surface area contributed by atoms with E-state index in [2.05, 4.69) is 37.2 Å². The largest absolute Gasteiger partial charge is 0.385 e. The molecule has 2 atom stereocenters. The summed E-state index contributed by atoms with van der Waals surface area (Å²) in [6.45, 7) is 0.960. The van der Waals surface area contributed by atoms with Gasteiger partial charge < -0.3 is 10.0 Å². The van der Waals surface area contributed by atoms with E-state index in [1.807, 2.05) is 12.1 Å². The van der Waals surface area contributed by atoms with Gasteiger partial charge in [-0.05, 0) is 69.0 Å². The highest BCUT2D eigenvalue weighted by atomic mass is 35.5. The molecule has 0 bridgehead atoms. The Kier molecular flexibility index (Phi) is 6.82. The van der Waals surface area contributed by atoms with Crippen molar-refractivity contribution in [2.75, 3.05) is 20.6 Å². The molecule has 1 aromatic carbocycles. The fraction of sp³-hybridized carbons (Fsp3) is 0.652. The zero-order chi connectivity index (χ0) is 18.6. The maximum atomic E-state index is 12.0. The second-order valence-electron chi connectivity index (χ2n) is 8.70. The summed E-state index contributed by atoms with van der Waals surface area (Å²) in [4.78, 5) is 2.24. The number of hydrogen-bond donors (Lipinski definition) is 1. The lowest BCUT2D eigenvalue weighted by Gasteiger charge is -2.45. The molecule has 1 N–H and O–H groups in total. The maximum Gasteiger partial charge on any atom is 0.0902 e. The minimum absolute atomic E-state index is 0.326. The first-order chi connectivity index (χ1) is 12.5. The van der Waals surface area contributed by atoms with Crippen molar-refractivity contribution >= 4 is 17.7 Å². The van der Waals surface area contributed by atoms with Gasteiger partial charge >= 0.3 is 0 Å². The average Bonchev–Trinajstić information content (AvgIpc) is 2.61. The highest BCUT2D eigenvalue weighted by Gasteiger charge is 2.44. The van der Waals surface area contributed by atoms with E-state index in [1.165, 1.54) is 44.1 Å². The van der Waals surface area contributed by atoms with E-state index in [0.717, 1.165) is 36.4 Å². The first kappa shape index (κ1) is 19.9. The predicted molar refractivity (Wildman–Crippen MR) is 111 cm³/mol. The molecule has 26 heavy (non-hydrogen) atoms. The predicted octanol–water partition coefficient (Wildman–Crippen LogP) is 5.79. The van der Waals surface area contributed by atoms with Gasteiger partial charge in [0.1, 0.15) is 0 Å². The summed E-state index contributed by atoms with van der Waals surface area (Å²) in [6.07, 6.45) is 13.1. The molecule has 2 unspecified atom stereocenters. The highest BCUT2D eigenvalue weighted by molar-refractivity contribution is 6.30. The third-order valence-corrected chi connectivity index (χ3v) is 6.60. The fourth-order valence-corrected chi connectivity index (χ4v) is 5.15. The van der Waals surface area contributed by atoms with Crippen LogP contribution in [0.15, 0.2) is 29.8 Å². The Labute approximate surface area is 164 Å². The molecule has 0 aromatic heterocycles. The van der Waals surface area contributed by atoms with E-state index >= 15 is 0 Å². The molecule has 144 valence electrons. The molecular formula is C23H34ClNO. The molecule has 2 nitrogen and oxygen atoms in total. The molecule has 0 aliphatic heterocycles. The van der Waals surface area contributed by atoms with E-state index in [-0.39, 0.29) is 0 Å². The number of benzene rings is 1. The highest BCUT2D eigenvalue weighted by Crippen LogP contribution is 2.45. The first-order valence-electron chi connectivity index (χ1n) is 10.3. The molecule has 0 spiro atoms. The van der Waals surface area contributed by atoms with Crippen molar-refractivity contribution in [1.29, 1.82) is 0 Å². The molecule has 0 radical (unpaired) electrons. The van der Waals surface area contributed by atoms with Gasteiger partial charge in [0, 0.05) is 17.5 Å². The molecule has 0 amide bonds. The lowest BCUT2D eigenvalue weighted by atomic mass is 9.66. The molecule has 0 saturated heterocycles. The lowest BCUT2D eigenvalue weighted by Crippen LogP contribution is -2.48. The zero-order valence-electron chi connectivity index (χ0n) is 16.4. The molecule has 3 rings (SSSR count). The van der Waals surface area contributed by atoms with Gasteiger partial charge in [0.25, 0.3) is 0 Å². The summed E-state index contributed by atoms with van der Waals surface area (Å²) in [5, 5.41) is 12.7. The average molecular weight is 376 g/mol. The maximum absolute atomic E-state index is 12.0. The van der Waals surface area contributed by atoms with Crippen LogP contribution in [0, 0.1) is 11.8 Å². The Morgan fingerprint density at radius 1 is 1.08 bits per heavy atom. The summed E-state index contributed by atoms with van der Waals surface area (Å²) >= 11 is 6.04. The molecule has 2 aliphatic carbocycles. The molecule has 3 heteroatoms. The van der Waals surface area contributed by atoms with Gasteiger partial charge in [-0.3, -0.25) is 0 Å². The summed E-state index contributed by atoms with van der Waals surface area (Å²) in [6, 6.07) is 8.00. The van der Waals surface area contributed by atoms with Crippen LogP contribution in [-0.4, -0.2) is 36.2 Å². The minimum atomic E-state index is -0.663. The van der Waals surface area contributed by atoms with Gasteiger partial charge in [-0.2, -0.15) is 0 Å².